The van der Waals surface area contributed by atoms with Crippen molar-refractivity contribution < 1.29 is 17.9 Å². The van der Waals surface area contributed by atoms with Crippen molar-refractivity contribution in [3.8, 4) is 0 Å². The van der Waals surface area contributed by atoms with E-state index in [0.29, 0.717) is 35.1 Å². The molecule has 9 heteroatoms. The van der Waals surface area contributed by atoms with E-state index < -0.39 is 15.7 Å². The van der Waals surface area contributed by atoms with E-state index >= 15 is 0 Å². The second-order valence-electron chi connectivity index (χ2n) is 6.06. The lowest BCUT2D eigenvalue weighted by Gasteiger charge is -2.06. The predicted octanol–water partition coefficient (Wildman–Crippen LogP) is 3.54. The molecule has 1 heterocycles. The minimum absolute atomic E-state index is 0.228. The number of aromatic nitrogens is 1. The molecule has 0 aliphatic heterocycles. The third-order valence-corrected chi connectivity index (χ3v) is 6.40. The molecule has 0 radical (unpaired) electrons. The number of thiazole rings is 1. The Morgan fingerprint density at radius 2 is 2.04 bits per heavy atom. The van der Waals surface area contributed by atoms with Crippen LogP contribution in [0.3, 0.4) is 0 Å². The van der Waals surface area contributed by atoms with E-state index in [2.05, 4.69) is 4.99 Å². The molecular weight excluding hydrogens is 420 g/mol. The van der Waals surface area contributed by atoms with Crippen molar-refractivity contribution in [2.75, 3.05) is 19.5 Å². The lowest BCUT2D eigenvalue weighted by molar-refractivity contribution is 0.0996. The zero-order valence-electron chi connectivity index (χ0n) is 15.4. The topological polar surface area (TPSA) is 77.7 Å². The normalized spacial score (nSPS) is 12.6. The summed E-state index contributed by atoms with van der Waals surface area (Å²) in [5.41, 5.74) is 1.19. The standard InChI is InChI=1S/C19H19ClN2O4S2/c1-3-26-10-9-22-16-8-7-15(28(2,24)25)12-17(16)27-19(22)21-18(23)13-5-4-6-14(20)11-13/h4-8,11-12H,3,9-10H2,1-2H3. The van der Waals surface area contributed by atoms with E-state index in [4.69, 9.17) is 16.3 Å². The van der Waals surface area contributed by atoms with E-state index in [1.165, 1.54) is 17.6 Å². The van der Waals surface area contributed by atoms with Gasteiger partial charge in [-0.15, -0.1) is 0 Å². The summed E-state index contributed by atoms with van der Waals surface area (Å²) in [7, 11) is -3.33. The highest BCUT2D eigenvalue weighted by molar-refractivity contribution is 7.90. The number of sulfone groups is 1. The number of ether oxygens (including phenoxy) is 1. The van der Waals surface area contributed by atoms with Gasteiger partial charge in [-0.2, -0.15) is 4.99 Å². The van der Waals surface area contributed by atoms with Crippen LogP contribution in [0.15, 0.2) is 52.4 Å². The molecule has 0 saturated heterocycles. The largest absolute Gasteiger partial charge is 0.380 e. The molecule has 1 aromatic heterocycles. The van der Waals surface area contributed by atoms with Crippen LogP contribution >= 0.6 is 22.9 Å². The Morgan fingerprint density at radius 1 is 1.25 bits per heavy atom. The van der Waals surface area contributed by atoms with Crippen molar-refractivity contribution in [1.29, 1.82) is 0 Å². The predicted molar refractivity (Wildman–Crippen MR) is 111 cm³/mol. The van der Waals surface area contributed by atoms with Gasteiger partial charge in [-0.3, -0.25) is 4.79 Å². The first kappa shape index (κ1) is 20.7. The fraction of sp³-hybridized carbons (Fsp3) is 0.263. The summed E-state index contributed by atoms with van der Waals surface area (Å²) in [6.45, 7) is 3.43. The highest BCUT2D eigenvalue weighted by Crippen LogP contribution is 2.22. The SMILES string of the molecule is CCOCCn1c(=NC(=O)c2cccc(Cl)c2)sc2cc(S(C)(=O)=O)ccc21. The van der Waals surface area contributed by atoms with Gasteiger partial charge < -0.3 is 9.30 Å². The van der Waals surface area contributed by atoms with Gasteiger partial charge in [0.2, 0.25) is 0 Å². The molecule has 0 spiro atoms. The molecule has 3 rings (SSSR count). The van der Waals surface area contributed by atoms with Gasteiger partial charge in [0.05, 0.1) is 21.7 Å². The Labute approximate surface area is 172 Å². The van der Waals surface area contributed by atoms with Crippen LogP contribution in [-0.4, -0.2) is 38.4 Å². The Kier molecular flexibility index (Phi) is 6.34. The molecule has 3 aromatic rings. The summed E-state index contributed by atoms with van der Waals surface area (Å²) < 4.78 is 31.8. The molecule has 28 heavy (non-hydrogen) atoms. The Hall–Kier alpha value is -2.00. The maximum atomic E-state index is 12.6. The van der Waals surface area contributed by atoms with E-state index in [-0.39, 0.29) is 4.90 Å². The molecule has 2 aromatic carbocycles. The van der Waals surface area contributed by atoms with Crippen LogP contribution in [0.25, 0.3) is 10.2 Å². The van der Waals surface area contributed by atoms with Crippen molar-refractivity contribution >= 4 is 48.9 Å². The average Bonchev–Trinajstić information content (AvgIpc) is 2.97. The highest BCUT2D eigenvalue weighted by atomic mass is 35.5. The summed E-state index contributed by atoms with van der Waals surface area (Å²) in [6, 6.07) is 11.5. The van der Waals surface area contributed by atoms with Gasteiger partial charge in [0.15, 0.2) is 14.6 Å². The van der Waals surface area contributed by atoms with Crippen molar-refractivity contribution in [2.24, 2.45) is 4.99 Å². The number of nitrogens with zero attached hydrogens (tertiary/aromatic N) is 2. The molecule has 0 fully saturated rings. The number of hydrogen-bond donors (Lipinski definition) is 0. The van der Waals surface area contributed by atoms with Crippen LogP contribution in [-0.2, 0) is 21.1 Å². The first-order chi connectivity index (χ1) is 13.3. The van der Waals surface area contributed by atoms with E-state index in [0.717, 1.165) is 10.2 Å². The van der Waals surface area contributed by atoms with Gasteiger partial charge in [0, 0.05) is 30.0 Å². The number of hydrogen-bond acceptors (Lipinski definition) is 5. The summed E-state index contributed by atoms with van der Waals surface area (Å²) in [6.07, 6.45) is 1.17. The number of carbonyl (C=O) groups excluding carboxylic acids is 1. The first-order valence-electron chi connectivity index (χ1n) is 8.55. The molecule has 0 N–H and O–H groups in total. The Balaban J connectivity index is 2.13. The monoisotopic (exact) mass is 438 g/mol. The lowest BCUT2D eigenvalue weighted by Crippen LogP contribution is -2.19. The third-order valence-electron chi connectivity index (χ3n) is 4.01. The molecular formula is C19H19ClN2O4S2. The summed E-state index contributed by atoms with van der Waals surface area (Å²) >= 11 is 7.22. The molecule has 0 atom stereocenters. The number of rotatable bonds is 6. The van der Waals surface area contributed by atoms with Crippen LogP contribution in [0.5, 0.6) is 0 Å². The molecule has 0 aliphatic rings. The summed E-state index contributed by atoms with van der Waals surface area (Å²) in [4.78, 5) is 17.6. The van der Waals surface area contributed by atoms with E-state index in [9.17, 15) is 13.2 Å². The van der Waals surface area contributed by atoms with Gasteiger partial charge in [-0.25, -0.2) is 8.42 Å². The fourth-order valence-electron chi connectivity index (χ4n) is 2.66. The van der Waals surface area contributed by atoms with Gasteiger partial charge in [0.1, 0.15) is 0 Å². The number of fused-ring (bicyclic) bond motifs is 1. The van der Waals surface area contributed by atoms with Crippen LogP contribution in [0.2, 0.25) is 5.02 Å². The van der Waals surface area contributed by atoms with Crippen LogP contribution < -0.4 is 4.80 Å². The van der Waals surface area contributed by atoms with Gasteiger partial charge in [0.25, 0.3) is 5.91 Å². The highest BCUT2D eigenvalue weighted by Gasteiger charge is 2.13. The molecule has 0 saturated carbocycles. The van der Waals surface area contributed by atoms with Crippen molar-refractivity contribution in [3.63, 3.8) is 0 Å². The van der Waals surface area contributed by atoms with Gasteiger partial charge in [-0.1, -0.05) is 29.0 Å². The second kappa shape index (κ2) is 8.57. The third kappa shape index (κ3) is 4.70. The van der Waals surface area contributed by atoms with Crippen LogP contribution in [0, 0.1) is 0 Å². The van der Waals surface area contributed by atoms with Crippen molar-refractivity contribution in [3.05, 3.63) is 57.9 Å². The quantitative estimate of drug-likeness (QED) is 0.551. The lowest BCUT2D eigenvalue weighted by atomic mass is 10.2. The molecule has 0 aliphatic carbocycles. The van der Waals surface area contributed by atoms with E-state index in [1.54, 1.807) is 42.5 Å². The maximum absolute atomic E-state index is 12.6. The average molecular weight is 439 g/mol. The van der Waals surface area contributed by atoms with Gasteiger partial charge in [-0.05, 0) is 43.3 Å². The number of carbonyl (C=O) groups is 1. The molecule has 0 bridgehead atoms. The van der Waals surface area contributed by atoms with Crippen molar-refractivity contribution in [1.82, 2.24) is 4.57 Å². The second-order valence-corrected chi connectivity index (χ2v) is 9.52. The zero-order chi connectivity index (χ0) is 20.3. The number of halogens is 1. The minimum Gasteiger partial charge on any atom is -0.380 e. The van der Waals surface area contributed by atoms with Crippen LogP contribution in [0.4, 0.5) is 0 Å². The van der Waals surface area contributed by atoms with E-state index in [1.807, 2.05) is 11.5 Å². The Bertz CT molecular complexity index is 1200. The number of amides is 1. The molecule has 1 amide bonds. The minimum atomic E-state index is -3.33. The first-order valence-corrected chi connectivity index (χ1v) is 11.6. The Morgan fingerprint density at radius 3 is 2.71 bits per heavy atom. The smallest absolute Gasteiger partial charge is 0.279 e. The number of benzene rings is 2. The zero-order valence-corrected chi connectivity index (χ0v) is 17.8. The maximum Gasteiger partial charge on any atom is 0.279 e. The van der Waals surface area contributed by atoms with Gasteiger partial charge >= 0.3 is 0 Å². The van der Waals surface area contributed by atoms with Crippen molar-refractivity contribution in [2.45, 2.75) is 18.4 Å². The molecule has 148 valence electrons. The summed E-state index contributed by atoms with van der Waals surface area (Å²) in [5.74, 6) is -0.414. The van der Waals surface area contributed by atoms with Crippen LogP contribution in [0.1, 0.15) is 17.3 Å². The molecule has 0 unspecified atom stereocenters. The fourth-order valence-corrected chi connectivity index (χ4v) is 4.66. The molecule has 6 nitrogen and oxygen atoms in total. The summed E-state index contributed by atoms with van der Waals surface area (Å²) in [5, 5.41) is 0.458.